The molecule has 1 N–H and O–H groups in total. The topological polar surface area (TPSA) is 30.5 Å². The molecular weight excluding hydrogens is 250 g/mol. The molecule has 0 aromatic heterocycles. The van der Waals surface area contributed by atoms with Crippen LogP contribution in [0, 0.1) is 0 Å². The Kier molecular flexibility index (Phi) is 3.77. The number of nitrogens with one attached hydrogen (secondary N) is 1. The second kappa shape index (κ2) is 5.87. The van der Waals surface area contributed by atoms with Gasteiger partial charge in [0.25, 0.3) is 0 Å². The zero-order chi connectivity index (χ0) is 13.8. The van der Waals surface area contributed by atoms with Crippen molar-refractivity contribution in [2.24, 2.45) is 0 Å². The Morgan fingerprint density at radius 1 is 1.20 bits per heavy atom. The highest BCUT2D eigenvalue weighted by atomic mass is 16.5. The molecule has 1 heterocycles. The first-order valence-electron chi connectivity index (χ1n) is 6.96. The lowest BCUT2D eigenvalue weighted by molar-refractivity contribution is 0.270. The Hall–Kier alpha value is -2.16. The Morgan fingerprint density at radius 3 is 3.00 bits per heavy atom. The van der Waals surface area contributed by atoms with E-state index in [0.717, 1.165) is 36.8 Å². The van der Waals surface area contributed by atoms with Gasteiger partial charge in [0.05, 0.1) is 13.7 Å². The zero-order valence-electron chi connectivity index (χ0n) is 11.6. The maximum atomic E-state index is 5.69. The van der Waals surface area contributed by atoms with E-state index in [-0.39, 0.29) is 0 Å². The summed E-state index contributed by atoms with van der Waals surface area (Å²) in [6.07, 6.45) is 1.05. The van der Waals surface area contributed by atoms with Crippen LogP contribution in [0.25, 0.3) is 0 Å². The van der Waals surface area contributed by atoms with Crippen molar-refractivity contribution >= 4 is 5.69 Å². The SMILES string of the molecule is COc1cccc(NCC2CCOc3ccccc32)c1. The number of rotatable bonds is 4. The summed E-state index contributed by atoms with van der Waals surface area (Å²) in [7, 11) is 1.69. The molecule has 3 nitrogen and oxygen atoms in total. The highest BCUT2D eigenvalue weighted by molar-refractivity contribution is 5.49. The Morgan fingerprint density at radius 2 is 2.10 bits per heavy atom. The second-order valence-electron chi connectivity index (χ2n) is 4.98. The quantitative estimate of drug-likeness (QED) is 0.918. The molecular formula is C17H19NO2. The number of ether oxygens (including phenoxy) is 2. The minimum Gasteiger partial charge on any atom is -0.497 e. The van der Waals surface area contributed by atoms with Crippen molar-refractivity contribution in [1.29, 1.82) is 0 Å². The standard InChI is InChI=1S/C17H19NO2/c1-19-15-6-4-5-14(11-15)18-12-13-9-10-20-17-8-3-2-7-16(13)17/h2-8,11,13,18H,9-10,12H2,1H3. The van der Waals surface area contributed by atoms with Gasteiger partial charge in [0, 0.05) is 24.2 Å². The van der Waals surface area contributed by atoms with Crippen LogP contribution in [0.1, 0.15) is 17.9 Å². The molecule has 104 valence electrons. The van der Waals surface area contributed by atoms with E-state index in [0.29, 0.717) is 5.92 Å². The predicted octanol–water partition coefficient (Wildman–Crippen LogP) is 3.67. The average Bonchev–Trinajstić information content (AvgIpc) is 2.53. The molecule has 0 spiro atoms. The third-order valence-electron chi connectivity index (χ3n) is 3.71. The Balaban J connectivity index is 1.70. The molecule has 1 aliphatic rings. The molecule has 3 heteroatoms. The van der Waals surface area contributed by atoms with Crippen molar-refractivity contribution in [3.63, 3.8) is 0 Å². The van der Waals surface area contributed by atoms with E-state index in [4.69, 9.17) is 9.47 Å². The second-order valence-corrected chi connectivity index (χ2v) is 4.98. The molecule has 1 atom stereocenters. The molecule has 0 aliphatic carbocycles. The van der Waals surface area contributed by atoms with E-state index in [1.54, 1.807) is 7.11 Å². The van der Waals surface area contributed by atoms with Gasteiger partial charge in [0.1, 0.15) is 11.5 Å². The normalized spacial score (nSPS) is 16.9. The number of hydrogen-bond acceptors (Lipinski definition) is 3. The van der Waals surface area contributed by atoms with Crippen molar-refractivity contribution in [1.82, 2.24) is 0 Å². The molecule has 2 aromatic rings. The first-order valence-corrected chi connectivity index (χ1v) is 6.96. The minimum atomic E-state index is 0.492. The van der Waals surface area contributed by atoms with Crippen LogP contribution in [0.15, 0.2) is 48.5 Å². The van der Waals surface area contributed by atoms with E-state index in [9.17, 15) is 0 Å². The van der Waals surface area contributed by atoms with Gasteiger partial charge in [0.15, 0.2) is 0 Å². The predicted molar refractivity (Wildman–Crippen MR) is 80.8 cm³/mol. The summed E-state index contributed by atoms with van der Waals surface area (Å²) in [6.45, 7) is 1.70. The molecule has 0 bridgehead atoms. The van der Waals surface area contributed by atoms with Crippen LogP contribution in [0.3, 0.4) is 0 Å². The van der Waals surface area contributed by atoms with E-state index in [1.807, 2.05) is 30.3 Å². The van der Waals surface area contributed by atoms with Crippen molar-refractivity contribution in [3.8, 4) is 11.5 Å². The number of anilines is 1. The first-order chi connectivity index (χ1) is 9.86. The lowest BCUT2D eigenvalue weighted by atomic mass is 9.93. The number of para-hydroxylation sites is 1. The van der Waals surface area contributed by atoms with Crippen molar-refractivity contribution in [3.05, 3.63) is 54.1 Å². The molecule has 0 radical (unpaired) electrons. The summed E-state index contributed by atoms with van der Waals surface area (Å²) < 4.78 is 10.9. The number of hydrogen-bond donors (Lipinski definition) is 1. The summed E-state index contributed by atoms with van der Waals surface area (Å²) in [5.41, 5.74) is 2.39. The van der Waals surface area contributed by atoms with Crippen LogP contribution < -0.4 is 14.8 Å². The summed E-state index contributed by atoms with van der Waals surface area (Å²) in [5, 5.41) is 3.49. The maximum Gasteiger partial charge on any atom is 0.122 e. The van der Waals surface area contributed by atoms with E-state index in [2.05, 4.69) is 23.5 Å². The Bertz CT molecular complexity index is 583. The molecule has 0 amide bonds. The first kappa shape index (κ1) is 12.9. The summed E-state index contributed by atoms with van der Waals surface area (Å²) >= 11 is 0. The van der Waals surface area contributed by atoms with Crippen LogP contribution in [-0.2, 0) is 0 Å². The van der Waals surface area contributed by atoms with Crippen molar-refractivity contribution in [2.75, 3.05) is 25.6 Å². The van der Waals surface area contributed by atoms with Gasteiger partial charge >= 0.3 is 0 Å². The molecule has 20 heavy (non-hydrogen) atoms. The molecule has 0 saturated heterocycles. The molecule has 1 unspecified atom stereocenters. The highest BCUT2D eigenvalue weighted by Gasteiger charge is 2.20. The summed E-state index contributed by atoms with van der Waals surface area (Å²) in [6, 6.07) is 16.3. The van der Waals surface area contributed by atoms with Crippen LogP contribution in [0.4, 0.5) is 5.69 Å². The van der Waals surface area contributed by atoms with Crippen LogP contribution >= 0.6 is 0 Å². The van der Waals surface area contributed by atoms with Gasteiger partial charge in [-0.05, 0) is 30.2 Å². The number of fused-ring (bicyclic) bond motifs is 1. The third kappa shape index (κ3) is 2.72. The van der Waals surface area contributed by atoms with Gasteiger partial charge in [-0.25, -0.2) is 0 Å². The van der Waals surface area contributed by atoms with Gasteiger partial charge in [-0.2, -0.15) is 0 Å². The fourth-order valence-corrected chi connectivity index (χ4v) is 2.60. The van der Waals surface area contributed by atoms with Crippen LogP contribution in [0.2, 0.25) is 0 Å². The number of methoxy groups -OCH3 is 1. The molecule has 0 saturated carbocycles. The minimum absolute atomic E-state index is 0.492. The van der Waals surface area contributed by atoms with Gasteiger partial charge in [-0.3, -0.25) is 0 Å². The van der Waals surface area contributed by atoms with E-state index >= 15 is 0 Å². The van der Waals surface area contributed by atoms with Crippen molar-refractivity contribution in [2.45, 2.75) is 12.3 Å². The smallest absolute Gasteiger partial charge is 0.122 e. The van der Waals surface area contributed by atoms with Crippen molar-refractivity contribution < 1.29 is 9.47 Å². The zero-order valence-corrected chi connectivity index (χ0v) is 11.6. The summed E-state index contributed by atoms with van der Waals surface area (Å²) in [4.78, 5) is 0. The lowest BCUT2D eigenvalue weighted by Gasteiger charge is -2.26. The molecule has 2 aromatic carbocycles. The van der Waals surface area contributed by atoms with E-state index in [1.165, 1.54) is 5.56 Å². The van der Waals surface area contributed by atoms with Crippen LogP contribution in [-0.4, -0.2) is 20.3 Å². The third-order valence-corrected chi connectivity index (χ3v) is 3.71. The van der Waals surface area contributed by atoms with Gasteiger partial charge in [0.2, 0.25) is 0 Å². The van der Waals surface area contributed by atoms with Gasteiger partial charge in [-0.15, -0.1) is 0 Å². The van der Waals surface area contributed by atoms with Crippen LogP contribution in [0.5, 0.6) is 11.5 Å². The molecule has 3 rings (SSSR count). The average molecular weight is 269 g/mol. The largest absolute Gasteiger partial charge is 0.497 e. The lowest BCUT2D eigenvalue weighted by Crippen LogP contribution is -2.20. The maximum absolute atomic E-state index is 5.69. The van der Waals surface area contributed by atoms with Gasteiger partial charge in [-0.1, -0.05) is 24.3 Å². The molecule has 1 aliphatic heterocycles. The fourth-order valence-electron chi connectivity index (χ4n) is 2.60. The monoisotopic (exact) mass is 269 g/mol. The van der Waals surface area contributed by atoms with Gasteiger partial charge < -0.3 is 14.8 Å². The van der Waals surface area contributed by atoms with E-state index < -0.39 is 0 Å². The Labute approximate surface area is 119 Å². The fraction of sp³-hybridized carbons (Fsp3) is 0.294. The highest BCUT2D eigenvalue weighted by Crippen LogP contribution is 2.33. The molecule has 0 fully saturated rings. The summed E-state index contributed by atoms with van der Waals surface area (Å²) in [5.74, 6) is 2.39. The number of benzene rings is 2.